The van der Waals surface area contributed by atoms with Crippen LogP contribution in [0.4, 0.5) is 0 Å². The average molecular weight is 303 g/mol. The SMILES string of the molecule is C[C@]12CC[C@H]3C(=C(N)C=C4C[C@@H](O)CC[C@@]43C)[C@@H]1CC[C@@H]2O. The molecular weight excluding hydrogens is 274 g/mol. The Morgan fingerprint density at radius 1 is 1.05 bits per heavy atom. The predicted molar refractivity (Wildman–Crippen MR) is 86.8 cm³/mol. The van der Waals surface area contributed by atoms with Gasteiger partial charge in [0.25, 0.3) is 0 Å². The van der Waals surface area contributed by atoms with Crippen molar-refractivity contribution in [3.8, 4) is 0 Å². The zero-order valence-electron chi connectivity index (χ0n) is 13.8. The standard InChI is InChI=1S/C19H29NO2/c1-18-7-5-12(21)9-11(18)10-15(20)17-13-3-4-16(22)19(13,2)8-6-14(17)18/h10,12-14,16,21-22H,3-9,20H2,1-2H3/t12-,13-,14-,16-,18-,19-/m0/s1. The van der Waals surface area contributed by atoms with Crippen LogP contribution in [0.1, 0.15) is 58.8 Å². The van der Waals surface area contributed by atoms with E-state index in [1.54, 1.807) is 0 Å². The smallest absolute Gasteiger partial charge is 0.0599 e. The van der Waals surface area contributed by atoms with Crippen molar-refractivity contribution in [1.29, 1.82) is 0 Å². The first-order valence-corrected chi connectivity index (χ1v) is 8.93. The molecule has 0 unspecified atom stereocenters. The molecular formula is C19H29NO2. The van der Waals surface area contributed by atoms with Crippen molar-refractivity contribution in [2.75, 3.05) is 0 Å². The minimum absolute atomic E-state index is 0.0202. The van der Waals surface area contributed by atoms with Gasteiger partial charge in [0.05, 0.1) is 12.2 Å². The number of nitrogens with two attached hydrogens (primary N) is 1. The molecule has 122 valence electrons. The van der Waals surface area contributed by atoms with E-state index in [1.165, 1.54) is 11.1 Å². The van der Waals surface area contributed by atoms with Crippen LogP contribution in [-0.2, 0) is 0 Å². The molecule has 0 aromatic rings. The second-order valence-corrected chi connectivity index (χ2v) is 8.64. The molecule has 4 rings (SSSR count). The first kappa shape index (κ1) is 14.8. The number of hydrogen-bond donors (Lipinski definition) is 3. The van der Waals surface area contributed by atoms with E-state index in [9.17, 15) is 10.2 Å². The lowest BCUT2D eigenvalue weighted by molar-refractivity contribution is 0.000637. The first-order chi connectivity index (χ1) is 10.4. The summed E-state index contributed by atoms with van der Waals surface area (Å²) in [5.41, 5.74) is 10.4. The predicted octanol–water partition coefficient (Wildman–Crippen LogP) is 2.88. The molecule has 0 bridgehead atoms. The van der Waals surface area contributed by atoms with E-state index in [1.807, 2.05) is 0 Å². The molecule has 4 N–H and O–H groups in total. The topological polar surface area (TPSA) is 66.5 Å². The maximum Gasteiger partial charge on any atom is 0.0599 e. The Labute approximate surface area is 133 Å². The van der Waals surface area contributed by atoms with Gasteiger partial charge in [0.15, 0.2) is 0 Å². The molecule has 0 radical (unpaired) electrons. The Morgan fingerprint density at radius 3 is 2.59 bits per heavy atom. The summed E-state index contributed by atoms with van der Waals surface area (Å²) < 4.78 is 0. The Morgan fingerprint density at radius 2 is 1.82 bits per heavy atom. The summed E-state index contributed by atoms with van der Waals surface area (Å²) >= 11 is 0. The molecule has 0 aromatic carbocycles. The summed E-state index contributed by atoms with van der Waals surface area (Å²) in [5, 5.41) is 20.5. The van der Waals surface area contributed by atoms with E-state index >= 15 is 0 Å². The maximum absolute atomic E-state index is 10.5. The summed E-state index contributed by atoms with van der Waals surface area (Å²) in [4.78, 5) is 0. The number of rotatable bonds is 0. The van der Waals surface area contributed by atoms with Crippen LogP contribution in [0.3, 0.4) is 0 Å². The zero-order chi connectivity index (χ0) is 15.7. The lowest BCUT2D eigenvalue weighted by Gasteiger charge is -2.54. The van der Waals surface area contributed by atoms with Crippen molar-refractivity contribution in [3.63, 3.8) is 0 Å². The largest absolute Gasteiger partial charge is 0.399 e. The third kappa shape index (κ3) is 1.75. The number of allylic oxidation sites excluding steroid dienone is 2. The highest BCUT2D eigenvalue weighted by Crippen LogP contribution is 2.63. The molecule has 3 fully saturated rings. The van der Waals surface area contributed by atoms with Gasteiger partial charge in [-0.2, -0.15) is 0 Å². The summed E-state index contributed by atoms with van der Waals surface area (Å²) in [6.45, 7) is 4.65. The summed E-state index contributed by atoms with van der Waals surface area (Å²) in [7, 11) is 0. The van der Waals surface area contributed by atoms with Crippen LogP contribution in [0.15, 0.2) is 22.9 Å². The monoisotopic (exact) mass is 303 g/mol. The maximum atomic E-state index is 10.5. The lowest BCUT2D eigenvalue weighted by atomic mass is 9.50. The highest BCUT2D eigenvalue weighted by atomic mass is 16.3. The van der Waals surface area contributed by atoms with Crippen LogP contribution in [0.2, 0.25) is 0 Å². The summed E-state index contributed by atoms with van der Waals surface area (Å²) in [6.07, 6.45) is 8.77. The molecule has 4 aliphatic carbocycles. The quantitative estimate of drug-likeness (QED) is 0.644. The molecule has 0 aromatic heterocycles. The van der Waals surface area contributed by atoms with Gasteiger partial charge in [-0.1, -0.05) is 19.4 Å². The molecule has 4 aliphatic rings. The second kappa shape index (κ2) is 4.61. The van der Waals surface area contributed by atoms with Crippen molar-refractivity contribution >= 4 is 0 Å². The molecule has 3 saturated carbocycles. The van der Waals surface area contributed by atoms with E-state index in [2.05, 4.69) is 19.9 Å². The summed E-state index contributed by atoms with van der Waals surface area (Å²) in [5.74, 6) is 0.964. The van der Waals surface area contributed by atoms with Crippen LogP contribution in [0.5, 0.6) is 0 Å². The van der Waals surface area contributed by atoms with Gasteiger partial charge in [0.1, 0.15) is 0 Å². The molecule has 0 amide bonds. The van der Waals surface area contributed by atoms with Gasteiger partial charge >= 0.3 is 0 Å². The van der Waals surface area contributed by atoms with Crippen LogP contribution >= 0.6 is 0 Å². The zero-order valence-corrected chi connectivity index (χ0v) is 13.8. The molecule has 0 saturated heterocycles. The Balaban J connectivity index is 1.80. The van der Waals surface area contributed by atoms with Gasteiger partial charge in [-0.3, -0.25) is 0 Å². The number of aliphatic hydroxyl groups is 2. The minimum atomic E-state index is -0.198. The molecule has 22 heavy (non-hydrogen) atoms. The van der Waals surface area contributed by atoms with E-state index in [0.29, 0.717) is 11.8 Å². The van der Waals surface area contributed by atoms with Crippen LogP contribution in [-0.4, -0.2) is 22.4 Å². The van der Waals surface area contributed by atoms with Crippen LogP contribution in [0, 0.1) is 22.7 Å². The van der Waals surface area contributed by atoms with Crippen molar-refractivity contribution in [2.24, 2.45) is 28.4 Å². The highest BCUT2D eigenvalue weighted by Gasteiger charge is 2.57. The minimum Gasteiger partial charge on any atom is -0.399 e. The van der Waals surface area contributed by atoms with Gasteiger partial charge in [-0.15, -0.1) is 0 Å². The third-order valence-corrected chi connectivity index (χ3v) is 7.63. The normalized spacial score (nSPS) is 51.0. The Hall–Kier alpha value is -0.800. The van der Waals surface area contributed by atoms with Gasteiger partial charge in [0.2, 0.25) is 0 Å². The van der Waals surface area contributed by atoms with Crippen molar-refractivity contribution in [2.45, 2.75) is 71.0 Å². The van der Waals surface area contributed by atoms with Crippen LogP contribution < -0.4 is 5.73 Å². The van der Waals surface area contributed by atoms with Crippen LogP contribution in [0.25, 0.3) is 0 Å². The molecule has 0 heterocycles. The number of fused-ring (bicyclic) bond motifs is 5. The summed E-state index contributed by atoms with van der Waals surface area (Å²) in [6, 6.07) is 0. The molecule has 3 nitrogen and oxygen atoms in total. The Bertz CT molecular complexity index is 566. The average Bonchev–Trinajstić information content (AvgIpc) is 2.77. The number of hydrogen-bond acceptors (Lipinski definition) is 3. The third-order valence-electron chi connectivity index (χ3n) is 7.63. The van der Waals surface area contributed by atoms with E-state index < -0.39 is 0 Å². The molecule has 6 atom stereocenters. The number of aliphatic hydroxyl groups excluding tert-OH is 2. The van der Waals surface area contributed by atoms with Crippen molar-refractivity contribution in [3.05, 3.63) is 22.9 Å². The van der Waals surface area contributed by atoms with Gasteiger partial charge < -0.3 is 15.9 Å². The lowest BCUT2D eigenvalue weighted by Crippen LogP contribution is -2.48. The second-order valence-electron chi connectivity index (χ2n) is 8.64. The fraction of sp³-hybridized carbons (Fsp3) is 0.789. The van der Waals surface area contributed by atoms with Gasteiger partial charge in [-0.25, -0.2) is 0 Å². The van der Waals surface area contributed by atoms with Crippen molar-refractivity contribution < 1.29 is 10.2 Å². The first-order valence-electron chi connectivity index (χ1n) is 8.93. The van der Waals surface area contributed by atoms with Gasteiger partial charge in [-0.05, 0) is 73.8 Å². The van der Waals surface area contributed by atoms with E-state index in [0.717, 1.165) is 50.6 Å². The molecule has 3 heteroatoms. The van der Waals surface area contributed by atoms with Gasteiger partial charge in [0, 0.05) is 11.1 Å². The molecule has 0 aliphatic heterocycles. The van der Waals surface area contributed by atoms with E-state index in [4.69, 9.17) is 5.73 Å². The fourth-order valence-electron chi connectivity index (χ4n) is 6.09. The van der Waals surface area contributed by atoms with Crippen molar-refractivity contribution in [1.82, 2.24) is 0 Å². The van der Waals surface area contributed by atoms with E-state index in [-0.39, 0.29) is 23.0 Å². The highest BCUT2D eigenvalue weighted by molar-refractivity contribution is 5.43. The Kier molecular flexibility index (Phi) is 3.09. The fourth-order valence-corrected chi connectivity index (χ4v) is 6.09. The molecule has 0 spiro atoms.